The summed E-state index contributed by atoms with van der Waals surface area (Å²) in [5.41, 5.74) is 1.59. The first-order valence-electron chi connectivity index (χ1n) is 5.71. The molecule has 1 aromatic heterocycles. The second kappa shape index (κ2) is 4.94. The molecule has 0 amide bonds. The number of hydrogen-bond acceptors (Lipinski definition) is 2. The lowest BCUT2D eigenvalue weighted by Crippen LogP contribution is -2.28. The van der Waals surface area contributed by atoms with Crippen LogP contribution in [0.25, 0.3) is 0 Å². The van der Waals surface area contributed by atoms with Gasteiger partial charge in [0, 0.05) is 10.9 Å². The van der Waals surface area contributed by atoms with Crippen molar-refractivity contribution < 1.29 is 0 Å². The molecular formula is C12H19NS. The summed E-state index contributed by atoms with van der Waals surface area (Å²) >= 11 is 1.93. The Bertz CT molecular complexity index is 280. The van der Waals surface area contributed by atoms with E-state index in [1.165, 1.54) is 38.6 Å². The van der Waals surface area contributed by atoms with Gasteiger partial charge in [0.25, 0.3) is 0 Å². The molecule has 2 heteroatoms. The fourth-order valence-corrected chi connectivity index (χ4v) is 3.23. The molecule has 0 saturated heterocycles. The van der Waals surface area contributed by atoms with E-state index in [2.05, 4.69) is 23.7 Å². The molecule has 0 bridgehead atoms. The lowest BCUT2D eigenvalue weighted by Gasteiger charge is -2.23. The fraction of sp³-hybridized carbons (Fsp3) is 0.667. The zero-order valence-corrected chi connectivity index (χ0v) is 9.70. The number of unbranched alkanes of at least 4 members (excludes halogenated alkanes) is 2. The Labute approximate surface area is 90.5 Å². The van der Waals surface area contributed by atoms with Crippen molar-refractivity contribution in [3.8, 4) is 0 Å². The van der Waals surface area contributed by atoms with Gasteiger partial charge >= 0.3 is 0 Å². The number of fused-ring (bicyclic) bond motifs is 1. The highest BCUT2D eigenvalue weighted by molar-refractivity contribution is 7.10. The minimum atomic E-state index is 0.658. The number of nitrogens with one attached hydrogen (secondary N) is 1. The Kier molecular flexibility index (Phi) is 3.60. The zero-order valence-electron chi connectivity index (χ0n) is 8.88. The molecule has 1 aliphatic heterocycles. The Hall–Kier alpha value is -0.340. The molecule has 0 aromatic carbocycles. The van der Waals surface area contributed by atoms with Gasteiger partial charge in [0.15, 0.2) is 0 Å². The van der Waals surface area contributed by atoms with E-state index in [1.54, 1.807) is 10.4 Å². The summed E-state index contributed by atoms with van der Waals surface area (Å²) in [5.74, 6) is 0. The van der Waals surface area contributed by atoms with Crippen molar-refractivity contribution in [1.29, 1.82) is 0 Å². The smallest absolute Gasteiger partial charge is 0.0417 e. The normalized spacial score (nSPS) is 20.8. The summed E-state index contributed by atoms with van der Waals surface area (Å²) in [4.78, 5) is 1.60. The van der Waals surface area contributed by atoms with Crippen LogP contribution in [0.3, 0.4) is 0 Å². The van der Waals surface area contributed by atoms with Crippen LogP contribution in [0.4, 0.5) is 0 Å². The van der Waals surface area contributed by atoms with Crippen LogP contribution < -0.4 is 5.32 Å². The maximum absolute atomic E-state index is 3.63. The van der Waals surface area contributed by atoms with Crippen LogP contribution in [0.5, 0.6) is 0 Å². The van der Waals surface area contributed by atoms with Gasteiger partial charge in [-0.05, 0) is 36.4 Å². The second-order valence-corrected chi connectivity index (χ2v) is 5.01. The van der Waals surface area contributed by atoms with Gasteiger partial charge in [0.05, 0.1) is 0 Å². The van der Waals surface area contributed by atoms with Gasteiger partial charge < -0.3 is 5.32 Å². The molecule has 1 nitrogen and oxygen atoms in total. The Morgan fingerprint density at radius 3 is 3.29 bits per heavy atom. The molecule has 0 spiro atoms. The van der Waals surface area contributed by atoms with E-state index >= 15 is 0 Å². The summed E-state index contributed by atoms with van der Waals surface area (Å²) in [5, 5.41) is 5.87. The van der Waals surface area contributed by atoms with Crippen molar-refractivity contribution in [2.75, 3.05) is 6.54 Å². The van der Waals surface area contributed by atoms with Gasteiger partial charge in [-0.1, -0.05) is 26.2 Å². The first-order valence-corrected chi connectivity index (χ1v) is 6.59. The van der Waals surface area contributed by atoms with Crippen LogP contribution in [0.2, 0.25) is 0 Å². The lowest BCUT2D eigenvalue weighted by molar-refractivity contribution is 0.462. The van der Waals surface area contributed by atoms with Crippen molar-refractivity contribution in [2.45, 2.75) is 45.1 Å². The summed E-state index contributed by atoms with van der Waals surface area (Å²) in [6.45, 7) is 3.44. The number of rotatable bonds is 4. The predicted octanol–water partition coefficient (Wildman–Crippen LogP) is 3.52. The van der Waals surface area contributed by atoms with Crippen molar-refractivity contribution in [2.24, 2.45) is 0 Å². The monoisotopic (exact) mass is 209 g/mol. The third kappa shape index (κ3) is 2.18. The van der Waals surface area contributed by atoms with Gasteiger partial charge in [-0.15, -0.1) is 11.3 Å². The Balaban J connectivity index is 1.94. The largest absolute Gasteiger partial charge is 0.309 e. The van der Waals surface area contributed by atoms with E-state index in [-0.39, 0.29) is 0 Å². The molecule has 1 unspecified atom stereocenters. The molecule has 1 N–H and O–H groups in total. The Morgan fingerprint density at radius 1 is 1.50 bits per heavy atom. The third-order valence-electron chi connectivity index (χ3n) is 2.98. The van der Waals surface area contributed by atoms with Crippen molar-refractivity contribution in [3.63, 3.8) is 0 Å². The predicted molar refractivity (Wildman–Crippen MR) is 62.9 cm³/mol. The molecule has 2 heterocycles. The number of thiophene rings is 1. The standard InChI is InChI=1S/C12H19NS/c1-2-3-4-5-11-12-10(6-8-13-11)7-9-14-12/h7,9,11,13H,2-6,8H2,1H3. The topological polar surface area (TPSA) is 12.0 Å². The molecule has 0 radical (unpaired) electrons. The summed E-state index contributed by atoms with van der Waals surface area (Å²) in [6.07, 6.45) is 6.61. The fourth-order valence-electron chi connectivity index (χ4n) is 2.17. The van der Waals surface area contributed by atoms with Crippen LogP contribution >= 0.6 is 11.3 Å². The molecule has 14 heavy (non-hydrogen) atoms. The number of hydrogen-bond donors (Lipinski definition) is 1. The van der Waals surface area contributed by atoms with Gasteiger partial charge in [0.2, 0.25) is 0 Å². The van der Waals surface area contributed by atoms with Crippen LogP contribution in [-0.4, -0.2) is 6.54 Å². The summed E-state index contributed by atoms with van der Waals surface area (Å²) < 4.78 is 0. The molecule has 2 rings (SSSR count). The highest BCUT2D eigenvalue weighted by Crippen LogP contribution is 2.31. The van der Waals surface area contributed by atoms with E-state index < -0.39 is 0 Å². The van der Waals surface area contributed by atoms with E-state index in [0.29, 0.717) is 6.04 Å². The van der Waals surface area contributed by atoms with Gasteiger partial charge in [-0.25, -0.2) is 0 Å². The van der Waals surface area contributed by atoms with Gasteiger partial charge in [-0.2, -0.15) is 0 Å². The molecule has 0 aliphatic carbocycles. The maximum atomic E-state index is 3.63. The minimum Gasteiger partial charge on any atom is -0.309 e. The molecule has 0 saturated carbocycles. The quantitative estimate of drug-likeness (QED) is 0.748. The lowest BCUT2D eigenvalue weighted by atomic mass is 9.99. The first kappa shape index (κ1) is 10.2. The zero-order chi connectivity index (χ0) is 9.80. The summed E-state index contributed by atoms with van der Waals surface area (Å²) in [6, 6.07) is 2.96. The van der Waals surface area contributed by atoms with E-state index in [1.807, 2.05) is 11.3 Å². The highest BCUT2D eigenvalue weighted by atomic mass is 32.1. The molecule has 1 aromatic rings. The first-order chi connectivity index (χ1) is 6.92. The average Bonchev–Trinajstić information content (AvgIpc) is 2.67. The van der Waals surface area contributed by atoms with Gasteiger partial charge in [-0.3, -0.25) is 0 Å². The van der Waals surface area contributed by atoms with Crippen LogP contribution in [0, 0.1) is 0 Å². The second-order valence-electron chi connectivity index (χ2n) is 4.06. The SMILES string of the molecule is CCCCCC1NCCc2ccsc21. The van der Waals surface area contributed by atoms with Crippen LogP contribution in [0.15, 0.2) is 11.4 Å². The molecule has 1 atom stereocenters. The van der Waals surface area contributed by atoms with E-state index in [4.69, 9.17) is 0 Å². The highest BCUT2D eigenvalue weighted by Gasteiger charge is 2.19. The minimum absolute atomic E-state index is 0.658. The third-order valence-corrected chi connectivity index (χ3v) is 4.05. The van der Waals surface area contributed by atoms with E-state index in [0.717, 1.165) is 0 Å². The summed E-state index contributed by atoms with van der Waals surface area (Å²) in [7, 11) is 0. The van der Waals surface area contributed by atoms with Crippen LogP contribution in [-0.2, 0) is 6.42 Å². The molecule has 0 fully saturated rings. The molecular weight excluding hydrogens is 190 g/mol. The van der Waals surface area contributed by atoms with Crippen LogP contribution in [0.1, 0.15) is 49.1 Å². The van der Waals surface area contributed by atoms with Gasteiger partial charge in [0.1, 0.15) is 0 Å². The van der Waals surface area contributed by atoms with Crippen molar-refractivity contribution in [3.05, 3.63) is 21.9 Å². The average molecular weight is 209 g/mol. The Morgan fingerprint density at radius 2 is 2.43 bits per heavy atom. The van der Waals surface area contributed by atoms with Crippen molar-refractivity contribution >= 4 is 11.3 Å². The maximum Gasteiger partial charge on any atom is 0.0417 e. The van der Waals surface area contributed by atoms with E-state index in [9.17, 15) is 0 Å². The molecule has 78 valence electrons. The van der Waals surface area contributed by atoms with Crippen molar-refractivity contribution in [1.82, 2.24) is 5.32 Å². The molecule has 1 aliphatic rings.